The van der Waals surface area contributed by atoms with Crippen molar-refractivity contribution in [3.8, 4) is 0 Å². The minimum Gasteiger partial charge on any atom is -0.448 e. The summed E-state index contributed by atoms with van der Waals surface area (Å²) < 4.78 is 6.17. The van der Waals surface area contributed by atoms with Crippen molar-refractivity contribution in [2.45, 2.75) is 0 Å². The van der Waals surface area contributed by atoms with E-state index in [0.29, 0.717) is 5.56 Å². The van der Waals surface area contributed by atoms with Crippen LogP contribution in [0.15, 0.2) is 22.7 Å². The Bertz CT molecular complexity index is 440. The number of rotatable bonds is 4. The molecule has 0 aliphatic carbocycles. The molecule has 92 valence electrons. The van der Waals surface area contributed by atoms with Crippen LogP contribution in [0.4, 0.5) is 4.79 Å². The molecule has 0 aromatic heterocycles. The summed E-state index contributed by atoms with van der Waals surface area (Å²) in [6.45, 7) is 0.288. The highest BCUT2D eigenvalue weighted by Gasteiger charge is 2.09. The number of benzene rings is 1. The molecule has 0 saturated carbocycles. The molecule has 0 aliphatic heterocycles. The van der Waals surface area contributed by atoms with Crippen molar-refractivity contribution in [2.75, 3.05) is 13.2 Å². The predicted octanol–water partition coefficient (Wildman–Crippen LogP) is 1.88. The van der Waals surface area contributed by atoms with Crippen LogP contribution in [0.3, 0.4) is 0 Å². The summed E-state index contributed by atoms with van der Waals surface area (Å²) in [6, 6.07) is 5.42. The number of ether oxygens (including phenoxy) is 1. The van der Waals surface area contributed by atoms with Crippen molar-refractivity contribution in [1.82, 2.24) is 5.32 Å². The van der Waals surface area contributed by atoms with Gasteiger partial charge in [0, 0.05) is 8.04 Å². The lowest BCUT2D eigenvalue weighted by Gasteiger charge is -2.07. The number of carbonyl (C=O) groups is 2. The monoisotopic (exact) mass is 412 g/mol. The van der Waals surface area contributed by atoms with Gasteiger partial charge in [0.15, 0.2) is 0 Å². The normalized spacial score (nSPS) is 9.76. The van der Waals surface area contributed by atoms with Crippen LogP contribution in [-0.2, 0) is 4.74 Å². The molecule has 7 heteroatoms. The second-order valence-electron chi connectivity index (χ2n) is 3.05. The zero-order valence-corrected chi connectivity index (χ0v) is 12.4. The highest BCUT2D eigenvalue weighted by Crippen LogP contribution is 2.18. The van der Waals surface area contributed by atoms with E-state index in [0.717, 1.165) is 8.04 Å². The van der Waals surface area contributed by atoms with Gasteiger partial charge in [0.1, 0.15) is 6.61 Å². The van der Waals surface area contributed by atoms with Gasteiger partial charge in [-0.1, -0.05) is 15.9 Å². The van der Waals surface area contributed by atoms with E-state index in [1.54, 1.807) is 6.07 Å². The van der Waals surface area contributed by atoms with E-state index in [4.69, 9.17) is 5.73 Å². The first-order valence-corrected chi connectivity index (χ1v) is 6.53. The molecule has 17 heavy (non-hydrogen) atoms. The summed E-state index contributed by atoms with van der Waals surface area (Å²) in [4.78, 5) is 22.0. The average molecular weight is 413 g/mol. The van der Waals surface area contributed by atoms with Crippen LogP contribution >= 0.6 is 38.5 Å². The van der Waals surface area contributed by atoms with Gasteiger partial charge >= 0.3 is 6.09 Å². The molecular formula is C10H10BrIN2O3. The van der Waals surface area contributed by atoms with Crippen LogP contribution in [0.2, 0.25) is 0 Å². The Morgan fingerprint density at radius 3 is 2.82 bits per heavy atom. The molecular weight excluding hydrogens is 403 g/mol. The van der Waals surface area contributed by atoms with Crippen LogP contribution in [0.5, 0.6) is 0 Å². The number of carbonyl (C=O) groups excluding carboxylic acids is 2. The number of nitrogens with two attached hydrogens (primary N) is 1. The Balaban J connectivity index is 2.52. The fourth-order valence-corrected chi connectivity index (χ4v) is 2.02. The third-order valence-corrected chi connectivity index (χ3v) is 3.24. The minimum atomic E-state index is -0.851. The van der Waals surface area contributed by atoms with Crippen LogP contribution in [-0.4, -0.2) is 25.2 Å². The Kier molecular flexibility index (Phi) is 5.69. The van der Waals surface area contributed by atoms with Crippen LogP contribution < -0.4 is 11.1 Å². The molecule has 0 bridgehead atoms. The van der Waals surface area contributed by atoms with Gasteiger partial charge < -0.3 is 15.8 Å². The smallest absolute Gasteiger partial charge is 0.404 e. The SMILES string of the molecule is NC(=O)OCCNC(=O)c1cc(Br)ccc1I. The second kappa shape index (κ2) is 6.80. The summed E-state index contributed by atoms with van der Waals surface area (Å²) in [6.07, 6.45) is -0.851. The van der Waals surface area contributed by atoms with E-state index in [2.05, 4.69) is 48.6 Å². The number of primary amides is 1. The number of hydrogen-bond acceptors (Lipinski definition) is 3. The van der Waals surface area contributed by atoms with Crippen LogP contribution in [0, 0.1) is 3.57 Å². The summed E-state index contributed by atoms with van der Waals surface area (Å²) >= 11 is 5.37. The van der Waals surface area contributed by atoms with Gasteiger partial charge in [-0.2, -0.15) is 0 Å². The first-order valence-electron chi connectivity index (χ1n) is 4.66. The van der Waals surface area contributed by atoms with Gasteiger partial charge in [0.2, 0.25) is 0 Å². The van der Waals surface area contributed by atoms with E-state index in [-0.39, 0.29) is 19.1 Å². The Hall–Kier alpha value is -0.830. The zero-order chi connectivity index (χ0) is 12.8. The number of nitrogens with one attached hydrogen (secondary N) is 1. The third kappa shape index (κ3) is 4.90. The van der Waals surface area contributed by atoms with E-state index in [9.17, 15) is 9.59 Å². The Morgan fingerprint density at radius 2 is 2.18 bits per heavy atom. The van der Waals surface area contributed by atoms with Gasteiger partial charge in [-0.25, -0.2) is 4.79 Å². The van der Waals surface area contributed by atoms with E-state index < -0.39 is 6.09 Å². The molecule has 1 rings (SSSR count). The molecule has 5 nitrogen and oxygen atoms in total. The lowest BCUT2D eigenvalue weighted by Crippen LogP contribution is -2.29. The van der Waals surface area contributed by atoms with Crippen molar-refractivity contribution in [3.63, 3.8) is 0 Å². The first-order chi connectivity index (χ1) is 8.00. The van der Waals surface area contributed by atoms with Crippen LogP contribution in [0.25, 0.3) is 0 Å². The molecule has 1 aromatic rings. The number of hydrogen-bond donors (Lipinski definition) is 2. The van der Waals surface area contributed by atoms with Gasteiger partial charge in [0.25, 0.3) is 5.91 Å². The number of amides is 2. The second-order valence-corrected chi connectivity index (χ2v) is 5.13. The van der Waals surface area contributed by atoms with Gasteiger partial charge in [-0.05, 0) is 40.8 Å². The first kappa shape index (κ1) is 14.2. The average Bonchev–Trinajstić information content (AvgIpc) is 2.27. The number of halogens is 2. The molecule has 0 aliphatic rings. The third-order valence-electron chi connectivity index (χ3n) is 1.80. The zero-order valence-electron chi connectivity index (χ0n) is 8.70. The highest BCUT2D eigenvalue weighted by molar-refractivity contribution is 14.1. The van der Waals surface area contributed by atoms with Gasteiger partial charge in [-0.3, -0.25) is 4.79 Å². The predicted molar refractivity (Wildman–Crippen MR) is 74.7 cm³/mol. The highest BCUT2D eigenvalue weighted by atomic mass is 127. The standard InChI is InChI=1S/C10H10BrIN2O3/c11-6-1-2-8(12)7(5-6)9(15)14-3-4-17-10(13)16/h1-2,5H,3-4H2,(H2,13,16)(H,14,15). The summed E-state index contributed by atoms with van der Waals surface area (Å²) in [5.41, 5.74) is 5.35. The maximum Gasteiger partial charge on any atom is 0.404 e. The van der Waals surface area contributed by atoms with Gasteiger partial charge in [0.05, 0.1) is 12.1 Å². The maximum absolute atomic E-state index is 11.8. The molecule has 0 atom stereocenters. The lowest BCUT2D eigenvalue weighted by molar-refractivity contribution is 0.0936. The van der Waals surface area contributed by atoms with Crippen molar-refractivity contribution in [2.24, 2.45) is 5.73 Å². The summed E-state index contributed by atoms with van der Waals surface area (Å²) in [5.74, 6) is -0.219. The maximum atomic E-state index is 11.8. The van der Waals surface area contributed by atoms with E-state index in [1.807, 2.05) is 12.1 Å². The molecule has 2 amide bonds. The van der Waals surface area contributed by atoms with Crippen molar-refractivity contribution >= 4 is 50.5 Å². The quantitative estimate of drug-likeness (QED) is 0.585. The van der Waals surface area contributed by atoms with Crippen molar-refractivity contribution in [3.05, 3.63) is 31.8 Å². The van der Waals surface area contributed by atoms with Crippen LogP contribution in [0.1, 0.15) is 10.4 Å². The summed E-state index contributed by atoms with van der Waals surface area (Å²) in [7, 11) is 0. The van der Waals surface area contributed by atoms with Crippen molar-refractivity contribution < 1.29 is 14.3 Å². The molecule has 0 heterocycles. The fraction of sp³-hybridized carbons (Fsp3) is 0.200. The van der Waals surface area contributed by atoms with Crippen molar-refractivity contribution in [1.29, 1.82) is 0 Å². The minimum absolute atomic E-state index is 0.0612. The molecule has 3 N–H and O–H groups in total. The largest absolute Gasteiger partial charge is 0.448 e. The van der Waals surface area contributed by atoms with E-state index >= 15 is 0 Å². The molecule has 0 spiro atoms. The molecule has 0 radical (unpaired) electrons. The topological polar surface area (TPSA) is 81.4 Å². The molecule has 0 fully saturated rings. The Morgan fingerprint density at radius 1 is 1.47 bits per heavy atom. The Labute approximate surface area is 120 Å². The van der Waals surface area contributed by atoms with Gasteiger partial charge in [-0.15, -0.1) is 0 Å². The fourth-order valence-electron chi connectivity index (χ4n) is 1.08. The molecule has 0 saturated heterocycles. The molecule has 0 unspecified atom stereocenters. The molecule has 1 aromatic carbocycles. The van der Waals surface area contributed by atoms with E-state index in [1.165, 1.54) is 0 Å². The summed E-state index contributed by atoms with van der Waals surface area (Å²) in [5, 5.41) is 2.63. The lowest BCUT2D eigenvalue weighted by atomic mass is 10.2.